The molecule has 0 saturated heterocycles. The topological polar surface area (TPSA) is 0 Å². The van der Waals surface area contributed by atoms with Gasteiger partial charge < -0.3 is 0 Å². The minimum atomic E-state index is -3.26. The van der Waals surface area contributed by atoms with Gasteiger partial charge in [-0.3, -0.25) is 0 Å². The number of alkyl halides is 3. The first-order valence-electron chi connectivity index (χ1n) is 2.99. The van der Waals surface area contributed by atoms with E-state index >= 15 is 0 Å². The zero-order valence-electron chi connectivity index (χ0n) is 5.73. The Hall–Kier alpha value is 0.01000. The first kappa shape index (κ1) is 10.1. The molecule has 0 heterocycles. The largest absolute Gasteiger partial charge is 0.375 e. The van der Waals surface area contributed by atoms with Crippen LogP contribution in [0.15, 0.2) is 29.2 Å². The monoisotopic (exact) mass is 228 g/mol. The van der Waals surface area contributed by atoms with Gasteiger partial charge in [-0.1, -0.05) is 11.6 Å². The van der Waals surface area contributed by atoms with Crippen LogP contribution in [-0.4, -0.2) is 4.71 Å². The smallest absolute Gasteiger partial charge is 0.177 e. The van der Waals surface area contributed by atoms with Gasteiger partial charge in [0.15, 0.2) is 0 Å². The van der Waals surface area contributed by atoms with Gasteiger partial charge in [0, 0.05) is 9.92 Å². The van der Waals surface area contributed by atoms with Crippen LogP contribution in [-0.2, 0) is 0 Å². The fourth-order valence-corrected chi connectivity index (χ4v) is 1.57. The van der Waals surface area contributed by atoms with Gasteiger partial charge >= 0.3 is 4.71 Å². The van der Waals surface area contributed by atoms with Gasteiger partial charge in [0.2, 0.25) is 0 Å². The molecule has 5 heteroatoms. The highest BCUT2D eigenvalue weighted by Gasteiger charge is 2.25. The predicted molar refractivity (Wildman–Crippen MR) is 48.1 cm³/mol. The lowest BCUT2D eigenvalue weighted by molar-refractivity contribution is 0.203. The molecule has 0 nitrogen and oxygen atoms in total. The Morgan fingerprint density at radius 3 is 2.08 bits per heavy atom. The second kappa shape index (κ2) is 3.81. The van der Waals surface area contributed by atoms with Crippen molar-refractivity contribution in [2.45, 2.75) is 9.61 Å². The molecular weight excluding hydrogens is 225 g/mol. The summed E-state index contributed by atoms with van der Waals surface area (Å²) in [6, 6.07) is 6.05. The molecule has 12 heavy (non-hydrogen) atoms. The van der Waals surface area contributed by atoms with Gasteiger partial charge in [0.1, 0.15) is 0 Å². The van der Waals surface area contributed by atoms with Crippen LogP contribution in [0.25, 0.3) is 0 Å². The molecule has 0 saturated carbocycles. The van der Waals surface area contributed by atoms with Crippen molar-refractivity contribution in [2.24, 2.45) is 0 Å². The molecule has 0 radical (unpaired) electrons. The fourth-order valence-electron chi connectivity index (χ4n) is 0.636. The number of benzene rings is 1. The van der Waals surface area contributed by atoms with E-state index < -0.39 is 4.71 Å². The van der Waals surface area contributed by atoms with E-state index in [1.165, 1.54) is 24.3 Å². The minimum Gasteiger partial charge on any atom is -0.177 e. The van der Waals surface area contributed by atoms with Crippen LogP contribution in [0.5, 0.6) is 0 Å². The van der Waals surface area contributed by atoms with Crippen molar-refractivity contribution in [2.75, 3.05) is 0 Å². The van der Waals surface area contributed by atoms with E-state index in [0.717, 1.165) is 0 Å². The second-order valence-corrected chi connectivity index (χ2v) is 4.33. The van der Waals surface area contributed by atoms with Crippen molar-refractivity contribution < 1.29 is 8.78 Å². The number of thioether (sulfide) groups is 1. The molecule has 0 aliphatic rings. The third-order valence-electron chi connectivity index (χ3n) is 1.05. The Kier molecular flexibility index (Phi) is 3.21. The molecule has 0 spiro atoms. The van der Waals surface area contributed by atoms with Crippen molar-refractivity contribution in [1.82, 2.24) is 0 Å². The van der Waals surface area contributed by atoms with Crippen LogP contribution in [0.2, 0.25) is 5.02 Å². The number of hydrogen-bond acceptors (Lipinski definition) is 1. The lowest BCUT2D eigenvalue weighted by Gasteiger charge is -2.05. The zero-order chi connectivity index (χ0) is 9.19. The van der Waals surface area contributed by atoms with Crippen LogP contribution in [0, 0.1) is 0 Å². The third-order valence-corrected chi connectivity index (χ3v) is 2.27. The molecule has 1 rings (SSSR count). The summed E-state index contributed by atoms with van der Waals surface area (Å²) in [7, 11) is 0. The summed E-state index contributed by atoms with van der Waals surface area (Å²) in [6.45, 7) is 0. The maximum atomic E-state index is 12.2. The Morgan fingerprint density at radius 2 is 1.67 bits per heavy atom. The van der Waals surface area contributed by atoms with Crippen LogP contribution in [0.3, 0.4) is 0 Å². The average molecular weight is 229 g/mol. The lowest BCUT2D eigenvalue weighted by atomic mass is 10.4. The van der Waals surface area contributed by atoms with Crippen molar-refractivity contribution >= 4 is 35.0 Å². The van der Waals surface area contributed by atoms with Crippen molar-refractivity contribution in [3.63, 3.8) is 0 Å². The second-order valence-electron chi connectivity index (χ2n) is 2.00. The Balaban J connectivity index is 2.71. The van der Waals surface area contributed by atoms with E-state index in [-0.39, 0.29) is 11.8 Å². The summed E-state index contributed by atoms with van der Waals surface area (Å²) in [5.41, 5.74) is 0. The minimum absolute atomic E-state index is 0.283. The summed E-state index contributed by atoms with van der Waals surface area (Å²) in [5.74, 6) is 0. The molecule has 0 bridgehead atoms. The highest BCUT2D eigenvalue weighted by molar-refractivity contribution is 8.01. The van der Waals surface area contributed by atoms with Crippen LogP contribution in [0.1, 0.15) is 0 Å². The summed E-state index contributed by atoms with van der Waals surface area (Å²) < 4.78 is 21.2. The van der Waals surface area contributed by atoms with Gasteiger partial charge in [-0.15, -0.1) is 0 Å². The lowest BCUT2D eigenvalue weighted by Crippen LogP contribution is -1.96. The van der Waals surface area contributed by atoms with E-state index in [1.807, 2.05) is 0 Å². The Bertz CT molecular complexity index is 255. The van der Waals surface area contributed by atoms with E-state index in [9.17, 15) is 8.78 Å². The first-order valence-corrected chi connectivity index (χ1v) is 4.56. The summed E-state index contributed by atoms with van der Waals surface area (Å²) in [5, 5.41) is 0.511. The highest BCUT2D eigenvalue weighted by Crippen LogP contribution is 2.39. The predicted octanol–water partition coefficient (Wildman–Crippen LogP) is 4.22. The molecule has 0 aliphatic heterocycles. The Morgan fingerprint density at radius 1 is 1.17 bits per heavy atom. The van der Waals surface area contributed by atoms with E-state index in [4.69, 9.17) is 23.2 Å². The summed E-state index contributed by atoms with van der Waals surface area (Å²) in [4.78, 5) is 0.388. The normalized spacial score (nSPS) is 11.7. The third kappa shape index (κ3) is 3.61. The number of rotatable bonds is 2. The number of hydrogen-bond donors (Lipinski definition) is 0. The summed E-state index contributed by atoms with van der Waals surface area (Å²) >= 11 is 10.5. The molecule has 0 aromatic heterocycles. The van der Waals surface area contributed by atoms with Crippen molar-refractivity contribution in [3.05, 3.63) is 29.3 Å². The van der Waals surface area contributed by atoms with Gasteiger partial charge in [-0.05, 0) is 47.6 Å². The maximum Gasteiger partial charge on any atom is 0.375 e. The molecule has 0 aliphatic carbocycles. The molecule has 1 aromatic carbocycles. The molecule has 0 atom stereocenters. The average Bonchev–Trinajstić information content (AvgIpc) is 1.91. The molecule has 0 fully saturated rings. The molecule has 1 aromatic rings. The van der Waals surface area contributed by atoms with Gasteiger partial charge in [0.05, 0.1) is 0 Å². The van der Waals surface area contributed by atoms with Gasteiger partial charge in [-0.25, -0.2) is 0 Å². The highest BCUT2D eigenvalue weighted by atomic mass is 35.5. The van der Waals surface area contributed by atoms with E-state index in [0.29, 0.717) is 9.92 Å². The SMILES string of the molecule is FC(F)(Cl)Sc1ccc(Cl)cc1. The van der Waals surface area contributed by atoms with Crippen molar-refractivity contribution in [1.29, 1.82) is 0 Å². The van der Waals surface area contributed by atoms with Crippen LogP contribution < -0.4 is 0 Å². The van der Waals surface area contributed by atoms with Crippen molar-refractivity contribution in [3.8, 4) is 0 Å². The van der Waals surface area contributed by atoms with E-state index in [1.54, 1.807) is 0 Å². The maximum absolute atomic E-state index is 12.2. The molecule has 66 valence electrons. The fraction of sp³-hybridized carbons (Fsp3) is 0.143. The van der Waals surface area contributed by atoms with Gasteiger partial charge in [-0.2, -0.15) is 8.78 Å². The standard InChI is InChI=1S/C7H4Cl2F2S/c8-5-1-3-6(4-2-5)12-7(9,10)11/h1-4H. The molecule has 0 N–H and O–H groups in total. The number of halogens is 4. The zero-order valence-corrected chi connectivity index (χ0v) is 8.06. The quantitative estimate of drug-likeness (QED) is 0.540. The molecular formula is C7H4Cl2F2S. The molecule has 0 unspecified atom stereocenters. The molecule has 0 amide bonds. The van der Waals surface area contributed by atoms with Crippen LogP contribution >= 0.6 is 35.0 Å². The Labute approximate surface area is 82.9 Å². The first-order chi connectivity index (χ1) is 5.47. The van der Waals surface area contributed by atoms with Crippen LogP contribution in [0.4, 0.5) is 8.78 Å². The van der Waals surface area contributed by atoms with Gasteiger partial charge in [0.25, 0.3) is 0 Å². The summed E-state index contributed by atoms with van der Waals surface area (Å²) in [6.07, 6.45) is 0. The van der Waals surface area contributed by atoms with E-state index in [2.05, 4.69) is 0 Å².